The number of fused-ring (bicyclic) bond motifs is 2. The molecule has 2 fully saturated rings. The number of carbonyl (C=O) groups is 1. The molecule has 1 N–H and O–H groups in total. The third-order valence-corrected chi connectivity index (χ3v) is 7.23. The van der Waals surface area contributed by atoms with Gasteiger partial charge in [0, 0.05) is 24.7 Å². The third-order valence-electron chi connectivity index (χ3n) is 6.68. The Bertz CT molecular complexity index is 985. The van der Waals surface area contributed by atoms with E-state index in [9.17, 15) is 9.90 Å². The predicted molar refractivity (Wildman–Crippen MR) is 126 cm³/mol. The summed E-state index contributed by atoms with van der Waals surface area (Å²) in [6.45, 7) is 9.64. The summed E-state index contributed by atoms with van der Waals surface area (Å²) in [6, 6.07) is 10.5. The Morgan fingerprint density at radius 1 is 1.25 bits per heavy atom. The van der Waals surface area contributed by atoms with Crippen LogP contribution in [0.25, 0.3) is 0 Å². The topological polar surface area (TPSA) is 78.8 Å². The highest BCUT2D eigenvalue weighted by Crippen LogP contribution is 2.42. The quantitative estimate of drug-likeness (QED) is 0.403. The van der Waals surface area contributed by atoms with Crippen molar-refractivity contribution in [1.29, 1.82) is 0 Å². The molecule has 2 aliphatic rings. The zero-order valence-corrected chi connectivity index (χ0v) is 20.2. The number of aryl methyl sites for hydroxylation is 1. The maximum atomic E-state index is 12.8. The Hall–Kier alpha value is -2.16. The number of aromatic nitrogens is 2. The lowest BCUT2D eigenvalue weighted by molar-refractivity contribution is 0.0219. The third kappa shape index (κ3) is 4.00. The van der Waals surface area contributed by atoms with Crippen molar-refractivity contribution in [1.82, 2.24) is 14.9 Å². The number of piperazine rings is 1. The highest BCUT2D eigenvalue weighted by atomic mass is 32.2. The van der Waals surface area contributed by atoms with Crippen molar-refractivity contribution in [2.75, 3.05) is 30.9 Å². The van der Waals surface area contributed by atoms with Gasteiger partial charge in [0.1, 0.15) is 11.4 Å². The van der Waals surface area contributed by atoms with Crippen molar-refractivity contribution in [3.63, 3.8) is 0 Å². The zero-order valence-electron chi connectivity index (χ0n) is 19.4. The molecule has 2 bridgehead atoms. The normalized spacial score (nSPS) is 23.4. The number of aliphatic hydroxyl groups excluding tert-OH is 1. The van der Waals surface area contributed by atoms with Gasteiger partial charge < -0.3 is 14.7 Å². The zero-order chi connectivity index (χ0) is 23.0. The van der Waals surface area contributed by atoms with Crippen LogP contribution in [0.3, 0.4) is 0 Å². The van der Waals surface area contributed by atoms with Crippen molar-refractivity contribution in [2.45, 2.75) is 63.0 Å². The Morgan fingerprint density at radius 3 is 2.59 bits per heavy atom. The second-order valence-electron chi connectivity index (χ2n) is 8.98. The van der Waals surface area contributed by atoms with Crippen LogP contribution in [0.15, 0.2) is 35.5 Å². The van der Waals surface area contributed by atoms with Crippen LogP contribution in [0.1, 0.15) is 48.8 Å². The molecule has 172 valence electrons. The summed E-state index contributed by atoms with van der Waals surface area (Å²) < 4.78 is 5.33. The fourth-order valence-corrected chi connectivity index (χ4v) is 5.67. The van der Waals surface area contributed by atoms with Gasteiger partial charge in [-0.25, -0.2) is 14.8 Å². The fraction of sp³-hybridized carbons (Fsp3) is 0.542. The van der Waals surface area contributed by atoms with Gasteiger partial charge in [0.2, 0.25) is 0 Å². The smallest absolute Gasteiger partial charge is 0.343 e. The minimum Gasteiger partial charge on any atom is -0.462 e. The number of ether oxygens (including phenoxy) is 1. The van der Waals surface area contributed by atoms with E-state index >= 15 is 0 Å². The fourth-order valence-electron chi connectivity index (χ4n) is 5.27. The average molecular weight is 457 g/mol. The van der Waals surface area contributed by atoms with Crippen LogP contribution in [-0.2, 0) is 10.3 Å². The van der Waals surface area contributed by atoms with Gasteiger partial charge in [0.25, 0.3) is 0 Å². The SMILES string of the molecule is CCOC(=O)c1c(C)nc(SC)nc1N1CC2CC(O)C(C1)N2C(C)(C)c1ccccc1. The van der Waals surface area contributed by atoms with Crippen molar-refractivity contribution in [3.05, 3.63) is 47.2 Å². The molecule has 3 unspecified atom stereocenters. The van der Waals surface area contributed by atoms with Crippen LogP contribution in [0.2, 0.25) is 0 Å². The first-order valence-electron chi connectivity index (χ1n) is 11.1. The standard InChI is InChI=1S/C24H32N4O3S/c1-6-31-22(30)20-15(2)25-23(32-5)26-21(20)27-13-17-12-19(29)18(14-27)28(17)24(3,4)16-10-8-7-9-11-16/h7-11,17-19,29H,6,12-14H2,1-5H3. The molecule has 1 aromatic heterocycles. The molecule has 2 aromatic rings. The molecular formula is C24H32N4O3S. The monoisotopic (exact) mass is 456 g/mol. The second kappa shape index (κ2) is 9.00. The number of nitrogens with zero attached hydrogens (tertiary/aromatic N) is 4. The number of esters is 1. The molecule has 3 heterocycles. The van der Waals surface area contributed by atoms with Gasteiger partial charge in [-0.15, -0.1) is 0 Å². The van der Waals surface area contributed by atoms with E-state index in [1.54, 1.807) is 6.92 Å². The number of aliphatic hydroxyl groups is 1. The molecule has 32 heavy (non-hydrogen) atoms. The molecule has 8 heteroatoms. The van der Waals surface area contributed by atoms with Gasteiger partial charge in [-0.3, -0.25) is 4.90 Å². The largest absolute Gasteiger partial charge is 0.462 e. The number of carbonyl (C=O) groups excluding carboxylic acids is 1. The van der Waals surface area contributed by atoms with E-state index in [1.165, 1.54) is 17.3 Å². The first-order chi connectivity index (χ1) is 15.3. The molecule has 2 saturated heterocycles. The molecule has 0 radical (unpaired) electrons. The lowest BCUT2D eigenvalue weighted by atomic mass is 9.89. The minimum absolute atomic E-state index is 0.0630. The van der Waals surface area contributed by atoms with Crippen molar-refractivity contribution < 1.29 is 14.6 Å². The number of hydrogen-bond acceptors (Lipinski definition) is 8. The summed E-state index contributed by atoms with van der Waals surface area (Å²) in [5, 5.41) is 11.6. The van der Waals surface area contributed by atoms with Gasteiger partial charge in [-0.1, -0.05) is 42.1 Å². The summed E-state index contributed by atoms with van der Waals surface area (Å²) in [7, 11) is 0. The van der Waals surface area contributed by atoms with Crippen LogP contribution < -0.4 is 4.90 Å². The van der Waals surface area contributed by atoms with Crippen LogP contribution in [0, 0.1) is 6.92 Å². The second-order valence-corrected chi connectivity index (χ2v) is 9.75. The molecule has 1 aromatic carbocycles. The van der Waals surface area contributed by atoms with Gasteiger partial charge in [0.05, 0.1) is 24.4 Å². The lowest BCUT2D eigenvalue weighted by Crippen LogP contribution is -2.61. The van der Waals surface area contributed by atoms with E-state index in [4.69, 9.17) is 9.72 Å². The maximum Gasteiger partial charge on any atom is 0.343 e. The molecular weight excluding hydrogens is 424 g/mol. The van der Waals surface area contributed by atoms with E-state index in [2.05, 4.69) is 52.9 Å². The molecule has 4 rings (SSSR count). The Kier molecular flexibility index (Phi) is 6.47. The van der Waals surface area contributed by atoms with Crippen molar-refractivity contribution in [3.8, 4) is 0 Å². The highest BCUT2D eigenvalue weighted by molar-refractivity contribution is 7.98. The van der Waals surface area contributed by atoms with Gasteiger partial charge in [0.15, 0.2) is 5.16 Å². The molecule has 0 saturated carbocycles. The van der Waals surface area contributed by atoms with Gasteiger partial charge in [-0.2, -0.15) is 0 Å². The Labute approximate surface area is 194 Å². The van der Waals surface area contributed by atoms with Crippen LogP contribution in [-0.4, -0.2) is 70.1 Å². The molecule has 3 atom stereocenters. The minimum atomic E-state index is -0.429. The maximum absolute atomic E-state index is 12.8. The predicted octanol–water partition coefficient (Wildman–Crippen LogP) is 3.24. The van der Waals surface area contributed by atoms with Gasteiger partial charge in [-0.05, 0) is 45.9 Å². The van der Waals surface area contributed by atoms with Crippen molar-refractivity contribution in [2.24, 2.45) is 0 Å². The van der Waals surface area contributed by atoms with E-state index in [1.807, 2.05) is 19.2 Å². The van der Waals surface area contributed by atoms with E-state index in [0.717, 1.165) is 0 Å². The summed E-state index contributed by atoms with van der Waals surface area (Å²) in [6.07, 6.45) is 2.20. The van der Waals surface area contributed by atoms with Crippen LogP contribution in [0.4, 0.5) is 5.82 Å². The average Bonchev–Trinajstić information content (AvgIpc) is 2.99. The number of rotatable bonds is 6. The summed E-state index contributed by atoms with van der Waals surface area (Å²) in [5.74, 6) is 0.217. The first kappa shape index (κ1) is 23.0. The molecule has 2 aliphatic heterocycles. The highest BCUT2D eigenvalue weighted by Gasteiger charge is 2.52. The molecule has 7 nitrogen and oxygen atoms in total. The lowest BCUT2D eigenvalue weighted by Gasteiger charge is -2.50. The molecule has 0 amide bonds. The summed E-state index contributed by atoms with van der Waals surface area (Å²) in [4.78, 5) is 26.6. The molecule has 0 aliphatic carbocycles. The van der Waals surface area contributed by atoms with E-state index < -0.39 is 12.1 Å². The van der Waals surface area contributed by atoms with Crippen LogP contribution >= 0.6 is 11.8 Å². The molecule has 0 spiro atoms. The Morgan fingerprint density at radius 2 is 1.97 bits per heavy atom. The number of benzene rings is 1. The summed E-state index contributed by atoms with van der Waals surface area (Å²) in [5.41, 5.74) is 2.05. The number of hydrogen-bond donors (Lipinski definition) is 1. The van der Waals surface area contributed by atoms with E-state index in [-0.39, 0.29) is 17.6 Å². The Balaban J connectivity index is 1.70. The first-order valence-corrected chi connectivity index (χ1v) is 12.4. The van der Waals surface area contributed by atoms with E-state index in [0.29, 0.717) is 48.3 Å². The van der Waals surface area contributed by atoms with Gasteiger partial charge >= 0.3 is 5.97 Å². The van der Waals surface area contributed by atoms with Crippen molar-refractivity contribution >= 4 is 23.5 Å². The van der Waals surface area contributed by atoms with Crippen LogP contribution in [0.5, 0.6) is 0 Å². The number of anilines is 1. The number of thioether (sulfide) groups is 1. The summed E-state index contributed by atoms with van der Waals surface area (Å²) >= 11 is 1.45.